The van der Waals surface area contributed by atoms with Crippen molar-refractivity contribution in [3.8, 4) is 5.75 Å². The molecule has 1 saturated carbocycles. The van der Waals surface area contributed by atoms with Crippen LogP contribution in [0.4, 0.5) is 0 Å². The molecule has 1 aromatic carbocycles. The summed E-state index contributed by atoms with van der Waals surface area (Å²) in [6.07, 6.45) is 8.10. The fourth-order valence-electron chi connectivity index (χ4n) is 3.14. The quantitative estimate of drug-likeness (QED) is 0.754. The van der Waals surface area contributed by atoms with Crippen LogP contribution in [0.1, 0.15) is 44.1 Å². The van der Waals surface area contributed by atoms with Crippen LogP contribution >= 0.6 is 0 Å². The van der Waals surface area contributed by atoms with Crippen molar-refractivity contribution in [1.82, 2.24) is 10.6 Å². The van der Waals surface area contributed by atoms with Gasteiger partial charge in [0.25, 0.3) is 0 Å². The van der Waals surface area contributed by atoms with Crippen LogP contribution in [0, 0.1) is 5.92 Å². The van der Waals surface area contributed by atoms with E-state index in [-0.39, 0.29) is 0 Å². The first-order chi connectivity index (χ1) is 11.7. The summed E-state index contributed by atoms with van der Waals surface area (Å²) in [7, 11) is 1.63. The van der Waals surface area contributed by atoms with Gasteiger partial charge in [0.1, 0.15) is 5.75 Å². The van der Waals surface area contributed by atoms with E-state index in [1.54, 1.807) is 7.11 Å². The second-order valence-electron chi connectivity index (χ2n) is 6.40. The second kappa shape index (κ2) is 9.96. The molecule has 0 saturated heterocycles. The molecule has 0 bridgehead atoms. The predicted molar refractivity (Wildman–Crippen MR) is 93.9 cm³/mol. The minimum absolute atomic E-state index is 0.446. The smallest absolute Gasteiger partial charge is 0.309 e. The standard InChI is InChI=1S/C19H28N2O3/c1-24-17-9-7-16(8-10-17)12-14-21-19(23)18(22)20-13-11-15-5-3-2-4-6-15/h7-10,15H,2-6,11-14H2,1H3,(H,20,22)(H,21,23). The van der Waals surface area contributed by atoms with Gasteiger partial charge in [-0.05, 0) is 36.5 Å². The third-order valence-electron chi connectivity index (χ3n) is 4.63. The summed E-state index contributed by atoms with van der Waals surface area (Å²) in [6.45, 7) is 1.04. The number of amides is 2. The van der Waals surface area contributed by atoms with Crippen LogP contribution in [0.2, 0.25) is 0 Å². The van der Waals surface area contributed by atoms with Gasteiger partial charge in [-0.2, -0.15) is 0 Å². The minimum atomic E-state index is -0.549. The number of ether oxygens (including phenoxy) is 1. The molecule has 0 heterocycles. The Hall–Kier alpha value is -2.04. The maximum atomic E-state index is 11.8. The molecule has 2 amide bonds. The number of benzene rings is 1. The van der Waals surface area contributed by atoms with Crippen molar-refractivity contribution in [2.75, 3.05) is 20.2 Å². The second-order valence-corrected chi connectivity index (χ2v) is 6.40. The summed E-state index contributed by atoms with van der Waals surface area (Å²) in [5.74, 6) is 0.435. The topological polar surface area (TPSA) is 67.4 Å². The van der Waals surface area contributed by atoms with E-state index in [0.717, 1.165) is 17.7 Å². The lowest BCUT2D eigenvalue weighted by molar-refractivity contribution is -0.139. The summed E-state index contributed by atoms with van der Waals surface area (Å²) in [5, 5.41) is 5.39. The van der Waals surface area contributed by atoms with Gasteiger partial charge in [0.05, 0.1) is 7.11 Å². The molecular weight excluding hydrogens is 304 g/mol. The van der Waals surface area contributed by atoms with E-state index in [0.29, 0.717) is 25.4 Å². The number of carbonyl (C=O) groups excluding carboxylic acids is 2. The van der Waals surface area contributed by atoms with E-state index >= 15 is 0 Å². The first-order valence-corrected chi connectivity index (χ1v) is 8.88. The molecule has 0 aromatic heterocycles. The fourth-order valence-corrected chi connectivity index (χ4v) is 3.14. The summed E-state index contributed by atoms with van der Waals surface area (Å²) in [4.78, 5) is 23.5. The monoisotopic (exact) mass is 332 g/mol. The maximum absolute atomic E-state index is 11.8. The number of methoxy groups -OCH3 is 1. The highest BCUT2D eigenvalue weighted by molar-refractivity contribution is 6.35. The molecule has 0 atom stereocenters. The average Bonchev–Trinajstić information content (AvgIpc) is 2.63. The molecule has 1 aliphatic carbocycles. The van der Waals surface area contributed by atoms with Crippen molar-refractivity contribution in [3.63, 3.8) is 0 Å². The molecule has 24 heavy (non-hydrogen) atoms. The van der Waals surface area contributed by atoms with Gasteiger partial charge in [-0.3, -0.25) is 9.59 Å². The van der Waals surface area contributed by atoms with Gasteiger partial charge >= 0.3 is 11.8 Å². The van der Waals surface area contributed by atoms with Crippen LogP contribution in [0.25, 0.3) is 0 Å². The third-order valence-corrected chi connectivity index (χ3v) is 4.63. The zero-order chi connectivity index (χ0) is 17.2. The van der Waals surface area contributed by atoms with Gasteiger partial charge in [0, 0.05) is 13.1 Å². The van der Waals surface area contributed by atoms with Gasteiger partial charge in [-0.15, -0.1) is 0 Å². The Morgan fingerprint density at radius 1 is 1.00 bits per heavy atom. The molecule has 2 rings (SSSR count). The Morgan fingerprint density at radius 2 is 1.62 bits per heavy atom. The number of nitrogens with one attached hydrogen (secondary N) is 2. The largest absolute Gasteiger partial charge is 0.497 e. The van der Waals surface area contributed by atoms with Gasteiger partial charge in [0.2, 0.25) is 0 Å². The molecule has 1 aromatic rings. The van der Waals surface area contributed by atoms with Gasteiger partial charge in [-0.1, -0.05) is 44.2 Å². The molecule has 2 N–H and O–H groups in total. The van der Waals surface area contributed by atoms with Gasteiger partial charge < -0.3 is 15.4 Å². The van der Waals surface area contributed by atoms with Crippen molar-refractivity contribution in [2.24, 2.45) is 5.92 Å². The summed E-state index contributed by atoms with van der Waals surface area (Å²) >= 11 is 0. The lowest BCUT2D eigenvalue weighted by Crippen LogP contribution is -2.41. The van der Waals surface area contributed by atoms with Gasteiger partial charge in [0.15, 0.2) is 0 Å². The van der Waals surface area contributed by atoms with Crippen LogP contribution in [0.3, 0.4) is 0 Å². The van der Waals surface area contributed by atoms with Crippen LogP contribution in [0.15, 0.2) is 24.3 Å². The first kappa shape index (κ1) is 18.3. The Kier molecular flexibility index (Phi) is 7.59. The van der Waals surface area contributed by atoms with Crippen molar-refractivity contribution in [3.05, 3.63) is 29.8 Å². The van der Waals surface area contributed by atoms with E-state index < -0.39 is 11.8 Å². The lowest BCUT2D eigenvalue weighted by atomic mass is 9.87. The number of carbonyl (C=O) groups is 2. The highest BCUT2D eigenvalue weighted by atomic mass is 16.5. The fraction of sp³-hybridized carbons (Fsp3) is 0.579. The molecule has 5 nitrogen and oxygen atoms in total. The average molecular weight is 332 g/mol. The SMILES string of the molecule is COc1ccc(CCNC(=O)C(=O)NCCC2CCCCC2)cc1. The molecule has 1 aliphatic rings. The zero-order valence-corrected chi connectivity index (χ0v) is 14.5. The summed E-state index contributed by atoms with van der Waals surface area (Å²) in [5.41, 5.74) is 1.09. The molecule has 0 unspecified atom stereocenters. The molecule has 5 heteroatoms. The van der Waals surface area contributed by atoms with Crippen LogP contribution in [-0.2, 0) is 16.0 Å². The predicted octanol–water partition coefficient (Wildman–Crippen LogP) is 2.44. The van der Waals surface area contributed by atoms with Crippen LogP contribution in [0.5, 0.6) is 5.75 Å². The Labute approximate surface area is 144 Å². The molecule has 0 radical (unpaired) electrons. The molecule has 0 aliphatic heterocycles. The highest BCUT2D eigenvalue weighted by Crippen LogP contribution is 2.25. The van der Waals surface area contributed by atoms with E-state index in [9.17, 15) is 9.59 Å². The van der Waals surface area contributed by atoms with Crippen LogP contribution < -0.4 is 15.4 Å². The number of hydrogen-bond acceptors (Lipinski definition) is 3. The molecule has 1 fully saturated rings. The van der Waals surface area contributed by atoms with E-state index in [1.807, 2.05) is 24.3 Å². The van der Waals surface area contributed by atoms with E-state index in [1.165, 1.54) is 32.1 Å². The first-order valence-electron chi connectivity index (χ1n) is 8.88. The Bertz CT molecular complexity index is 522. The van der Waals surface area contributed by atoms with Crippen molar-refractivity contribution < 1.29 is 14.3 Å². The van der Waals surface area contributed by atoms with Crippen molar-refractivity contribution in [1.29, 1.82) is 0 Å². The van der Waals surface area contributed by atoms with E-state index in [4.69, 9.17) is 4.74 Å². The third kappa shape index (κ3) is 6.22. The minimum Gasteiger partial charge on any atom is -0.497 e. The lowest BCUT2D eigenvalue weighted by Gasteiger charge is -2.21. The maximum Gasteiger partial charge on any atom is 0.309 e. The molecule has 132 valence electrons. The Morgan fingerprint density at radius 3 is 2.25 bits per heavy atom. The molecular formula is C19H28N2O3. The number of hydrogen-bond donors (Lipinski definition) is 2. The number of rotatable bonds is 7. The Balaban J connectivity index is 1.59. The normalized spacial score (nSPS) is 14.9. The summed E-state index contributed by atoms with van der Waals surface area (Å²) < 4.78 is 5.10. The van der Waals surface area contributed by atoms with E-state index in [2.05, 4.69) is 10.6 Å². The van der Waals surface area contributed by atoms with Crippen molar-refractivity contribution in [2.45, 2.75) is 44.9 Å². The van der Waals surface area contributed by atoms with Crippen molar-refractivity contribution >= 4 is 11.8 Å². The highest BCUT2D eigenvalue weighted by Gasteiger charge is 2.15. The van der Waals surface area contributed by atoms with Crippen LogP contribution in [-0.4, -0.2) is 32.0 Å². The van der Waals surface area contributed by atoms with Gasteiger partial charge in [-0.25, -0.2) is 0 Å². The summed E-state index contributed by atoms with van der Waals surface area (Å²) in [6, 6.07) is 7.68. The molecule has 0 spiro atoms. The zero-order valence-electron chi connectivity index (χ0n) is 14.5.